The molecule has 1 aromatic heterocycles. The lowest BCUT2D eigenvalue weighted by Gasteiger charge is -2.17. The van der Waals surface area contributed by atoms with Crippen LogP contribution in [-0.4, -0.2) is 10.5 Å². The van der Waals surface area contributed by atoms with E-state index in [1.165, 1.54) is 5.69 Å². The van der Waals surface area contributed by atoms with Crippen molar-refractivity contribution >= 4 is 0 Å². The van der Waals surface area contributed by atoms with Gasteiger partial charge in [0.2, 0.25) is 0 Å². The summed E-state index contributed by atoms with van der Waals surface area (Å²) in [5.41, 5.74) is 7.05. The number of nitrogens with two attached hydrogens (primary N) is 1. The first kappa shape index (κ1) is 8.34. The molecule has 0 amide bonds. The van der Waals surface area contributed by atoms with Crippen LogP contribution in [0.25, 0.3) is 0 Å². The van der Waals surface area contributed by atoms with Crippen LogP contribution < -0.4 is 5.73 Å². The monoisotopic (exact) mass is 152 g/mol. The molecule has 0 aliphatic heterocycles. The summed E-state index contributed by atoms with van der Waals surface area (Å²) in [6, 6.07) is 4.10. The summed E-state index contributed by atoms with van der Waals surface area (Å²) in [6.45, 7) is 4.10. The highest BCUT2D eigenvalue weighted by molar-refractivity contribution is 5.04. The second-order valence-electron chi connectivity index (χ2n) is 3.68. The Labute approximate surface area is 67.8 Å². The van der Waals surface area contributed by atoms with Gasteiger partial charge in [-0.2, -0.15) is 0 Å². The van der Waals surface area contributed by atoms with Gasteiger partial charge >= 0.3 is 0 Å². The van der Waals surface area contributed by atoms with Gasteiger partial charge in [0.15, 0.2) is 0 Å². The SMILES string of the molecule is CC(C)(N)CCc1ccc[nH]1. The lowest BCUT2D eigenvalue weighted by atomic mass is 9.99. The quantitative estimate of drug-likeness (QED) is 0.680. The van der Waals surface area contributed by atoms with Crippen molar-refractivity contribution in [2.24, 2.45) is 5.73 Å². The number of hydrogen-bond acceptors (Lipinski definition) is 1. The number of rotatable bonds is 3. The topological polar surface area (TPSA) is 41.8 Å². The maximum absolute atomic E-state index is 5.84. The Hall–Kier alpha value is -0.760. The van der Waals surface area contributed by atoms with E-state index in [-0.39, 0.29) is 5.54 Å². The molecule has 0 radical (unpaired) electrons. The first-order valence-corrected chi connectivity index (χ1v) is 3.99. The minimum atomic E-state index is -0.0505. The molecule has 1 rings (SSSR count). The fourth-order valence-electron chi connectivity index (χ4n) is 0.980. The van der Waals surface area contributed by atoms with Gasteiger partial charge in [-0.05, 0) is 38.8 Å². The van der Waals surface area contributed by atoms with Crippen LogP contribution >= 0.6 is 0 Å². The molecule has 0 aromatic carbocycles. The van der Waals surface area contributed by atoms with Gasteiger partial charge in [-0.25, -0.2) is 0 Å². The van der Waals surface area contributed by atoms with Crippen LogP contribution in [0, 0.1) is 0 Å². The summed E-state index contributed by atoms with van der Waals surface area (Å²) in [4.78, 5) is 3.15. The zero-order valence-corrected chi connectivity index (χ0v) is 7.22. The van der Waals surface area contributed by atoms with Crippen LogP contribution in [0.5, 0.6) is 0 Å². The molecule has 3 N–H and O–H groups in total. The van der Waals surface area contributed by atoms with Gasteiger partial charge in [-0.3, -0.25) is 0 Å². The van der Waals surface area contributed by atoms with E-state index in [9.17, 15) is 0 Å². The number of aromatic amines is 1. The molecular formula is C9H16N2. The molecule has 0 aliphatic rings. The molecule has 1 heterocycles. The number of hydrogen-bond donors (Lipinski definition) is 2. The molecule has 0 spiro atoms. The van der Waals surface area contributed by atoms with E-state index in [2.05, 4.69) is 24.9 Å². The molecule has 0 saturated heterocycles. The summed E-state index contributed by atoms with van der Waals surface area (Å²) >= 11 is 0. The first-order chi connectivity index (χ1) is 5.08. The summed E-state index contributed by atoms with van der Waals surface area (Å²) in [7, 11) is 0. The fourth-order valence-corrected chi connectivity index (χ4v) is 0.980. The molecule has 0 aliphatic carbocycles. The van der Waals surface area contributed by atoms with Gasteiger partial charge < -0.3 is 10.7 Å². The van der Waals surface area contributed by atoms with E-state index in [0.29, 0.717) is 0 Å². The smallest absolute Gasteiger partial charge is 0.0147 e. The third-order valence-electron chi connectivity index (χ3n) is 1.70. The van der Waals surface area contributed by atoms with Gasteiger partial charge in [0, 0.05) is 17.4 Å². The highest BCUT2D eigenvalue weighted by Gasteiger charge is 2.09. The normalized spacial score (nSPS) is 11.9. The fraction of sp³-hybridized carbons (Fsp3) is 0.556. The maximum atomic E-state index is 5.84. The molecule has 2 heteroatoms. The minimum Gasteiger partial charge on any atom is -0.365 e. The standard InChI is InChI=1S/C9H16N2/c1-9(2,10)6-5-8-4-3-7-11-8/h3-4,7,11H,5-6,10H2,1-2H3. The van der Waals surface area contributed by atoms with Gasteiger partial charge in [0.25, 0.3) is 0 Å². The molecule has 11 heavy (non-hydrogen) atoms. The third-order valence-corrected chi connectivity index (χ3v) is 1.70. The van der Waals surface area contributed by atoms with Gasteiger partial charge in [-0.1, -0.05) is 0 Å². The maximum Gasteiger partial charge on any atom is 0.0147 e. The average molecular weight is 152 g/mol. The Bertz CT molecular complexity index is 194. The van der Waals surface area contributed by atoms with E-state index in [4.69, 9.17) is 5.73 Å². The lowest BCUT2D eigenvalue weighted by molar-refractivity contribution is 0.474. The van der Waals surface area contributed by atoms with Gasteiger partial charge in [0.1, 0.15) is 0 Å². The Morgan fingerprint density at radius 2 is 2.27 bits per heavy atom. The highest BCUT2D eigenvalue weighted by atomic mass is 14.7. The van der Waals surface area contributed by atoms with Crippen LogP contribution in [0.4, 0.5) is 0 Å². The predicted octanol–water partition coefficient (Wildman–Crippen LogP) is 1.68. The van der Waals surface area contributed by atoms with E-state index >= 15 is 0 Å². The van der Waals surface area contributed by atoms with E-state index in [1.54, 1.807) is 0 Å². The molecule has 0 fully saturated rings. The van der Waals surface area contributed by atoms with Crippen molar-refractivity contribution in [2.75, 3.05) is 0 Å². The summed E-state index contributed by atoms with van der Waals surface area (Å²) in [6.07, 6.45) is 4.00. The van der Waals surface area contributed by atoms with Crippen molar-refractivity contribution in [1.29, 1.82) is 0 Å². The van der Waals surface area contributed by atoms with E-state index < -0.39 is 0 Å². The second kappa shape index (κ2) is 3.09. The number of aromatic nitrogens is 1. The molecule has 0 unspecified atom stereocenters. The van der Waals surface area contributed by atoms with Crippen LogP contribution in [0.15, 0.2) is 18.3 Å². The second-order valence-corrected chi connectivity index (χ2v) is 3.68. The van der Waals surface area contributed by atoms with E-state index in [1.807, 2.05) is 12.3 Å². The summed E-state index contributed by atoms with van der Waals surface area (Å²) in [5.74, 6) is 0. The van der Waals surface area contributed by atoms with Gasteiger partial charge in [-0.15, -0.1) is 0 Å². The van der Waals surface area contributed by atoms with Crippen molar-refractivity contribution in [3.63, 3.8) is 0 Å². The largest absolute Gasteiger partial charge is 0.365 e. The zero-order chi connectivity index (χ0) is 8.32. The van der Waals surface area contributed by atoms with Crippen molar-refractivity contribution in [3.8, 4) is 0 Å². The van der Waals surface area contributed by atoms with Crippen molar-refractivity contribution < 1.29 is 0 Å². The third kappa shape index (κ3) is 3.23. The first-order valence-electron chi connectivity index (χ1n) is 3.99. The van der Waals surface area contributed by atoms with Crippen LogP contribution in [0.1, 0.15) is 26.0 Å². The Morgan fingerprint density at radius 1 is 1.55 bits per heavy atom. The van der Waals surface area contributed by atoms with Crippen molar-refractivity contribution in [3.05, 3.63) is 24.0 Å². The number of aryl methyl sites for hydroxylation is 1. The summed E-state index contributed by atoms with van der Waals surface area (Å²) < 4.78 is 0. The highest BCUT2D eigenvalue weighted by Crippen LogP contribution is 2.08. The Balaban J connectivity index is 2.35. The Morgan fingerprint density at radius 3 is 2.73 bits per heavy atom. The molecule has 0 atom stereocenters. The summed E-state index contributed by atoms with van der Waals surface area (Å²) in [5, 5.41) is 0. The molecule has 0 bridgehead atoms. The minimum absolute atomic E-state index is 0.0505. The van der Waals surface area contributed by atoms with E-state index in [0.717, 1.165) is 12.8 Å². The molecule has 2 nitrogen and oxygen atoms in total. The number of H-pyrrole nitrogens is 1. The Kier molecular flexibility index (Phi) is 2.35. The van der Waals surface area contributed by atoms with Crippen molar-refractivity contribution in [2.45, 2.75) is 32.2 Å². The van der Waals surface area contributed by atoms with Crippen LogP contribution in [-0.2, 0) is 6.42 Å². The predicted molar refractivity (Wildman–Crippen MR) is 47.4 cm³/mol. The zero-order valence-electron chi connectivity index (χ0n) is 7.22. The average Bonchev–Trinajstić information content (AvgIpc) is 2.32. The molecule has 0 saturated carbocycles. The molecule has 1 aromatic rings. The van der Waals surface area contributed by atoms with Crippen molar-refractivity contribution in [1.82, 2.24) is 4.98 Å². The van der Waals surface area contributed by atoms with Gasteiger partial charge in [0.05, 0.1) is 0 Å². The van der Waals surface area contributed by atoms with Crippen LogP contribution in [0.2, 0.25) is 0 Å². The lowest BCUT2D eigenvalue weighted by Crippen LogP contribution is -2.32. The number of nitrogens with one attached hydrogen (secondary N) is 1. The van der Waals surface area contributed by atoms with Crippen LogP contribution in [0.3, 0.4) is 0 Å². The molecule has 62 valence electrons. The molecular weight excluding hydrogens is 136 g/mol.